The molecule has 1 aliphatic heterocycles. The number of anilines is 2. The summed E-state index contributed by atoms with van der Waals surface area (Å²) < 4.78 is 0. The summed E-state index contributed by atoms with van der Waals surface area (Å²) in [6, 6.07) is 2.71. The molecule has 1 amide bonds. The van der Waals surface area contributed by atoms with Crippen molar-refractivity contribution in [2.75, 3.05) is 23.3 Å². The summed E-state index contributed by atoms with van der Waals surface area (Å²) in [7, 11) is 0. The van der Waals surface area contributed by atoms with Crippen LogP contribution in [0.25, 0.3) is 0 Å². The number of pyridine rings is 1. The first-order valence-electron chi connectivity index (χ1n) is 7.21. The normalized spacial score (nSPS) is 13.8. The summed E-state index contributed by atoms with van der Waals surface area (Å²) in [6.45, 7) is 1.80. The molecule has 8 nitrogen and oxygen atoms in total. The fourth-order valence-electron chi connectivity index (χ4n) is 2.44. The fourth-order valence-corrected chi connectivity index (χ4v) is 2.44. The zero-order valence-corrected chi connectivity index (χ0v) is 12.3. The fraction of sp³-hybridized carbons (Fsp3) is 0.267. The number of carboxylic acid groups (broad SMARTS) is 1. The quantitative estimate of drug-likeness (QED) is 0.878. The highest BCUT2D eigenvalue weighted by molar-refractivity contribution is 6.05. The average Bonchev–Trinajstić information content (AvgIpc) is 3.09. The molecule has 0 unspecified atom stereocenters. The molecule has 2 aromatic heterocycles. The zero-order chi connectivity index (χ0) is 16.2. The molecule has 1 saturated heterocycles. The minimum atomic E-state index is -1.13. The number of nitrogens with zero attached hydrogens (tertiary/aromatic N) is 4. The molecule has 0 spiro atoms. The number of nitrogens with one attached hydrogen (secondary N) is 1. The van der Waals surface area contributed by atoms with E-state index in [-0.39, 0.29) is 17.2 Å². The lowest BCUT2D eigenvalue weighted by Crippen LogP contribution is -2.22. The Labute approximate surface area is 132 Å². The molecule has 0 bridgehead atoms. The van der Waals surface area contributed by atoms with Crippen LogP contribution in [0.2, 0.25) is 0 Å². The van der Waals surface area contributed by atoms with Crippen molar-refractivity contribution in [2.45, 2.75) is 12.8 Å². The standard InChI is InChI=1S/C15H15N5O3/c21-14(10-3-4-11(15(22)23)17-7-10)19-12-8-16-9-18-13(12)20-5-1-2-6-20/h3-4,7-9H,1-2,5-6H2,(H,19,21)(H,22,23). The largest absolute Gasteiger partial charge is 0.477 e. The Balaban J connectivity index is 1.78. The van der Waals surface area contributed by atoms with E-state index in [4.69, 9.17) is 5.11 Å². The van der Waals surface area contributed by atoms with E-state index in [0.717, 1.165) is 25.9 Å². The van der Waals surface area contributed by atoms with Crippen molar-refractivity contribution in [1.29, 1.82) is 0 Å². The Hall–Kier alpha value is -3.03. The number of hydrogen-bond donors (Lipinski definition) is 2. The number of amides is 1. The summed E-state index contributed by atoms with van der Waals surface area (Å²) in [5, 5.41) is 11.6. The van der Waals surface area contributed by atoms with Crippen molar-refractivity contribution in [2.24, 2.45) is 0 Å². The molecular formula is C15H15N5O3. The molecule has 0 aliphatic carbocycles. The summed E-state index contributed by atoms with van der Waals surface area (Å²) in [5.74, 6) is -0.824. The van der Waals surface area contributed by atoms with Crippen LogP contribution in [0.1, 0.15) is 33.7 Å². The maximum Gasteiger partial charge on any atom is 0.354 e. The molecular weight excluding hydrogens is 298 g/mol. The van der Waals surface area contributed by atoms with Crippen LogP contribution >= 0.6 is 0 Å². The summed E-state index contributed by atoms with van der Waals surface area (Å²) in [4.78, 5) is 37.1. The van der Waals surface area contributed by atoms with Crippen molar-refractivity contribution in [1.82, 2.24) is 15.0 Å². The number of aromatic carboxylic acids is 1. The highest BCUT2D eigenvalue weighted by Gasteiger charge is 2.19. The van der Waals surface area contributed by atoms with E-state index in [0.29, 0.717) is 11.5 Å². The second-order valence-corrected chi connectivity index (χ2v) is 5.15. The average molecular weight is 313 g/mol. The van der Waals surface area contributed by atoms with Gasteiger partial charge < -0.3 is 15.3 Å². The van der Waals surface area contributed by atoms with E-state index in [1.54, 1.807) is 6.20 Å². The van der Waals surface area contributed by atoms with Gasteiger partial charge >= 0.3 is 5.97 Å². The third-order valence-electron chi connectivity index (χ3n) is 3.59. The maximum absolute atomic E-state index is 12.3. The number of carbonyl (C=O) groups excluding carboxylic acids is 1. The molecule has 2 N–H and O–H groups in total. The van der Waals surface area contributed by atoms with E-state index in [1.807, 2.05) is 0 Å². The van der Waals surface area contributed by atoms with E-state index < -0.39 is 5.97 Å². The van der Waals surface area contributed by atoms with E-state index in [9.17, 15) is 9.59 Å². The van der Waals surface area contributed by atoms with Crippen LogP contribution in [0.3, 0.4) is 0 Å². The first-order valence-corrected chi connectivity index (χ1v) is 7.21. The van der Waals surface area contributed by atoms with Gasteiger partial charge in [0, 0.05) is 19.3 Å². The third-order valence-corrected chi connectivity index (χ3v) is 3.59. The van der Waals surface area contributed by atoms with E-state index in [1.165, 1.54) is 24.7 Å². The second kappa shape index (κ2) is 6.39. The predicted molar refractivity (Wildman–Crippen MR) is 82.6 cm³/mol. The van der Waals surface area contributed by atoms with E-state index in [2.05, 4.69) is 25.2 Å². The van der Waals surface area contributed by atoms with Crippen molar-refractivity contribution in [3.63, 3.8) is 0 Å². The Morgan fingerprint density at radius 1 is 1.13 bits per heavy atom. The number of hydrogen-bond acceptors (Lipinski definition) is 6. The number of aromatic nitrogens is 3. The Bertz CT molecular complexity index is 726. The second-order valence-electron chi connectivity index (χ2n) is 5.15. The van der Waals surface area contributed by atoms with Crippen molar-refractivity contribution in [3.8, 4) is 0 Å². The van der Waals surface area contributed by atoms with Gasteiger partial charge in [0.05, 0.1) is 11.8 Å². The van der Waals surface area contributed by atoms with Crippen LogP contribution in [0.15, 0.2) is 30.9 Å². The molecule has 118 valence electrons. The lowest BCUT2D eigenvalue weighted by molar-refractivity contribution is 0.0690. The molecule has 0 atom stereocenters. The first kappa shape index (κ1) is 14.9. The van der Waals surface area contributed by atoms with Crippen LogP contribution in [-0.4, -0.2) is 45.0 Å². The lowest BCUT2D eigenvalue weighted by atomic mass is 10.2. The van der Waals surface area contributed by atoms with Crippen molar-refractivity contribution >= 4 is 23.4 Å². The minimum absolute atomic E-state index is 0.109. The van der Waals surface area contributed by atoms with Crippen LogP contribution in [0.4, 0.5) is 11.5 Å². The van der Waals surface area contributed by atoms with Gasteiger partial charge in [-0.3, -0.25) is 4.79 Å². The SMILES string of the molecule is O=C(Nc1cncnc1N1CCCC1)c1ccc(C(=O)O)nc1. The first-order chi connectivity index (χ1) is 11.1. The van der Waals surface area contributed by atoms with Gasteiger partial charge in [0.15, 0.2) is 5.82 Å². The molecule has 0 aromatic carbocycles. The third kappa shape index (κ3) is 3.25. The van der Waals surface area contributed by atoms with Gasteiger partial charge in [0.1, 0.15) is 17.7 Å². The van der Waals surface area contributed by atoms with Gasteiger partial charge in [-0.25, -0.2) is 19.7 Å². The summed E-state index contributed by atoms with van der Waals surface area (Å²) in [5.41, 5.74) is 0.690. The number of rotatable bonds is 4. The van der Waals surface area contributed by atoms with Gasteiger partial charge in [-0.1, -0.05) is 0 Å². The minimum Gasteiger partial charge on any atom is -0.477 e. The zero-order valence-electron chi connectivity index (χ0n) is 12.3. The van der Waals surface area contributed by atoms with Crippen LogP contribution in [0.5, 0.6) is 0 Å². The summed E-state index contributed by atoms with van der Waals surface area (Å²) >= 11 is 0. The Morgan fingerprint density at radius 2 is 1.91 bits per heavy atom. The molecule has 0 radical (unpaired) electrons. The maximum atomic E-state index is 12.3. The lowest BCUT2D eigenvalue weighted by Gasteiger charge is -2.19. The monoisotopic (exact) mass is 313 g/mol. The Kier molecular flexibility index (Phi) is 4.13. The summed E-state index contributed by atoms with van der Waals surface area (Å²) in [6.07, 6.45) is 6.43. The van der Waals surface area contributed by atoms with Gasteiger partial charge in [-0.15, -0.1) is 0 Å². The molecule has 23 heavy (non-hydrogen) atoms. The highest BCUT2D eigenvalue weighted by Crippen LogP contribution is 2.25. The number of carboxylic acids is 1. The van der Waals surface area contributed by atoms with Gasteiger partial charge in [-0.05, 0) is 25.0 Å². The smallest absolute Gasteiger partial charge is 0.354 e. The van der Waals surface area contributed by atoms with Gasteiger partial charge in [0.2, 0.25) is 0 Å². The molecule has 1 fully saturated rings. The molecule has 2 aromatic rings. The van der Waals surface area contributed by atoms with Gasteiger partial charge in [-0.2, -0.15) is 0 Å². The molecule has 1 aliphatic rings. The van der Waals surface area contributed by atoms with Crippen molar-refractivity contribution in [3.05, 3.63) is 42.1 Å². The molecule has 8 heteroatoms. The van der Waals surface area contributed by atoms with Crippen molar-refractivity contribution < 1.29 is 14.7 Å². The highest BCUT2D eigenvalue weighted by atomic mass is 16.4. The number of carbonyl (C=O) groups is 2. The van der Waals surface area contributed by atoms with Crippen LogP contribution in [0, 0.1) is 0 Å². The molecule has 3 heterocycles. The topological polar surface area (TPSA) is 108 Å². The molecule has 0 saturated carbocycles. The van der Waals surface area contributed by atoms with Gasteiger partial charge in [0.25, 0.3) is 5.91 Å². The van der Waals surface area contributed by atoms with E-state index >= 15 is 0 Å². The van der Waals surface area contributed by atoms with Crippen LogP contribution < -0.4 is 10.2 Å². The predicted octanol–water partition coefficient (Wildman–Crippen LogP) is 1.42. The Morgan fingerprint density at radius 3 is 2.57 bits per heavy atom. The van der Waals surface area contributed by atoms with Crippen LogP contribution in [-0.2, 0) is 0 Å². The molecule has 3 rings (SSSR count).